The quantitative estimate of drug-likeness (QED) is 0.579. The van der Waals surface area contributed by atoms with Crippen molar-refractivity contribution in [1.82, 2.24) is 5.32 Å². The molecule has 0 aliphatic rings. The first-order valence-electron chi connectivity index (χ1n) is 4.42. The first-order valence-corrected chi connectivity index (χ1v) is 4.42. The lowest BCUT2D eigenvalue weighted by Gasteiger charge is -2.11. The summed E-state index contributed by atoms with van der Waals surface area (Å²) in [5.41, 5.74) is -0.0699. The van der Waals surface area contributed by atoms with Crippen LogP contribution in [0.1, 0.15) is 11.7 Å². The van der Waals surface area contributed by atoms with Crippen LogP contribution in [0.3, 0.4) is 0 Å². The van der Waals surface area contributed by atoms with Crippen LogP contribution >= 0.6 is 0 Å². The number of hydrogen-bond acceptors (Lipinski definition) is 2. The van der Waals surface area contributed by atoms with Gasteiger partial charge in [-0.15, -0.1) is 6.42 Å². The number of terminal acetylenes is 1. The first-order chi connectivity index (χ1) is 7.15. The summed E-state index contributed by atoms with van der Waals surface area (Å²) in [6.45, 7) is 0.360. The molecule has 1 atom stereocenters. The molecule has 0 aromatic heterocycles. The Hall–Kier alpha value is -1.44. The van der Waals surface area contributed by atoms with Gasteiger partial charge >= 0.3 is 0 Å². The van der Waals surface area contributed by atoms with Gasteiger partial charge in [-0.1, -0.05) is 5.92 Å². The van der Waals surface area contributed by atoms with Crippen molar-refractivity contribution in [2.45, 2.75) is 6.10 Å². The Morgan fingerprint density at radius 3 is 2.87 bits per heavy atom. The molecule has 1 aromatic rings. The van der Waals surface area contributed by atoms with Crippen molar-refractivity contribution in [2.75, 3.05) is 13.1 Å². The molecule has 1 rings (SSSR count). The number of hydrogen-bond donors (Lipinski definition) is 2. The van der Waals surface area contributed by atoms with Gasteiger partial charge in [-0.25, -0.2) is 8.78 Å². The average Bonchev–Trinajstić information content (AvgIpc) is 2.22. The topological polar surface area (TPSA) is 32.3 Å². The smallest absolute Gasteiger partial charge is 0.129 e. The van der Waals surface area contributed by atoms with Gasteiger partial charge in [0.1, 0.15) is 11.6 Å². The number of nitrogens with one attached hydrogen (secondary N) is 1. The number of halogens is 2. The zero-order valence-electron chi connectivity index (χ0n) is 8.00. The molecule has 4 heteroatoms. The molecule has 1 unspecified atom stereocenters. The molecule has 15 heavy (non-hydrogen) atoms. The second-order valence-corrected chi connectivity index (χ2v) is 3.02. The maximum atomic E-state index is 13.1. The molecular weight excluding hydrogens is 200 g/mol. The third-order valence-corrected chi connectivity index (χ3v) is 1.88. The fourth-order valence-corrected chi connectivity index (χ4v) is 1.16. The lowest BCUT2D eigenvalue weighted by Crippen LogP contribution is -2.22. The fourth-order valence-electron chi connectivity index (χ4n) is 1.16. The van der Waals surface area contributed by atoms with E-state index >= 15 is 0 Å². The minimum absolute atomic E-state index is 0.0699. The van der Waals surface area contributed by atoms with Crippen molar-refractivity contribution in [1.29, 1.82) is 0 Å². The van der Waals surface area contributed by atoms with Gasteiger partial charge in [0, 0.05) is 12.1 Å². The van der Waals surface area contributed by atoms with Gasteiger partial charge in [0.15, 0.2) is 0 Å². The van der Waals surface area contributed by atoms with E-state index in [1.807, 2.05) is 0 Å². The third kappa shape index (κ3) is 3.31. The second-order valence-electron chi connectivity index (χ2n) is 3.02. The van der Waals surface area contributed by atoms with Crippen molar-refractivity contribution in [3.05, 3.63) is 35.4 Å². The van der Waals surface area contributed by atoms with E-state index in [0.717, 1.165) is 18.2 Å². The highest BCUT2D eigenvalue weighted by Crippen LogP contribution is 2.17. The van der Waals surface area contributed by atoms with Crippen LogP contribution in [0.4, 0.5) is 8.78 Å². The van der Waals surface area contributed by atoms with Crippen LogP contribution in [0, 0.1) is 24.0 Å². The van der Waals surface area contributed by atoms with Crippen molar-refractivity contribution in [3.8, 4) is 12.3 Å². The Balaban J connectivity index is 2.69. The lowest BCUT2D eigenvalue weighted by atomic mass is 10.1. The standard InChI is InChI=1S/C11H11F2NO/c1-2-5-14-7-11(15)9-6-8(12)3-4-10(9)13/h1,3-4,6,11,14-15H,5,7H2. The van der Waals surface area contributed by atoms with Crippen LogP contribution in [-0.2, 0) is 0 Å². The minimum Gasteiger partial charge on any atom is -0.387 e. The molecule has 0 saturated heterocycles. The summed E-state index contributed by atoms with van der Waals surface area (Å²) in [4.78, 5) is 0. The van der Waals surface area contributed by atoms with Gasteiger partial charge in [0.05, 0.1) is 12.6 Å². The minimum atomic E-state index is -1.10. The van der Waals surface area contributed by atoms with E-state index in [0.29, 0.717) is 0 Å². The predicted octanol–water partition coefficient (Wildman–Crippen LogP) is 1.22. The van der Waals surface area contributed by atoms with Gasteiger partial charge in [0.2, 0.25) is 0 Å². The van der Waals surface area contributed by atoms with Gasteiger partial charge in [-0.2, -0.15) is 0 Å². The maximum absolute atomic E-state index is 13.1. The largest absolute Gasteiger partial charge is 0.387 e. The molecule has 0 radical (unpaired) electrons. The predicted molar refractivity (Wildman–Crippen MR) is 53.0 cm³/mol. The summed E-state index contributed by atoms with van der Waals surface area (Å²) < 4.78 is 25.9. The van der Waals surface area contributed by atoms with E-state index in [-0.39, 0.29) is 18.7 Å². The monoisotopic (exact) mass is 211 g/mol. The van der Waals surface area contributed by atoms with E-state index in [2.05, 4.69) is 11.2 Å². The van der Waals surface area contributed by atoms with E-state index in [1.54, 1.807) is 0 Å². The van der Waals surface area contributed by atoms with E-state index in [1.165, 1.54) is 0 Å². The molecule has 80 valence electrons. The normalized spacial score (nSPS) is 12.1. The van der Waals surface area contributed by atoms with Crippen molar-refractivity contribution in [2.24, 2.45) is 0 Å². The van der Waals surface area contributed by atoms with Crippen molar-refractivity contribution in [3.63, 3.8) is 0 Å². The molecule has 0 heterocycles. The van der Waals surface area contributed by atoms with E-state index in [4.69, 9.17) is 6.42 Å². The van der Waals surface area contributed by atoms with Crippen LogP contribution in [-0.4, -0.2) is 18.2 Å². The molecule has 0 saturated carbocycles. The van der Waals surface area contributed by atoms with Crippen LogP contribution in [0.15, 0.2) is 18.2 Å². The Morgan fingerprint density at radius 2 is 2.20 bits per heavy atom. The van der Waals surface area contributed by atoms with Crippen LogP contribution in [0.2, 0.25) is 0 Å². The highest BCUT2D eigenvalue weighted by atomic mass is 19.1. The highest BCUT2D eigenvalue weighted by Gasteiger charge is 2.12. The summed E-state index contributed by atoms with van der Waals surface area (Å²) in [6.07, 6.45) is 3.88. The second kappa shape index (κ2) is 5.44. The SMILES string of the molecule is C#CCNCC(O)c1cc(F)ccc1F. The first kappa shape index (κ1) is 11.6. The Morgan fingerprint density at radius 1 is 1.47 bits per heavy atom. The summed E-state index contributed by atoms with van der Waals surface area (Å²) >= 11 is 0. The summed E-state index contributed by atoms with van der Waals surface area (Å²) in [7, 11) is 0. The van der Waals surface area contributed by atoms with E-state index in [9.17, 15) is 13.9 Å². The molecular formula is C11H11F2NO. The van der Waals surface area contributed by atoms with Crippen LogP contribution in [0.5, 0.6) is 0 Å². The summed E-state index contributed by atoms with van der Waals surface area (Å²) in [5.74, 6) is 1.10. The van der Waals surface area contributed by atoms with Gasteiger partial charge in [0.25, 0.3) is 0 Å². The fraction of sp³-hybridized carbons (Fsp3) is 0.273. The molecule has 2 N–H and O–H groups in total. The molecule has 0 aliphatic carbocycles. The third-order valence-electron chi connectivity index (χ3n) is 1.88. The lowest BCUT2D eigenvalue weighted by molar-refractivity contribution is 0.171. The number of benzene rings is 1. The number of aliphatic hydroxyl groups is 1. The Bertz CT molecular complexity index is 373. The molecule has 0 aliphatic heterocycles. The van der Waals surface area contributed by atoms with Crippen molar-refractivity contribution < 1.29 is 13.9 Å². The molecule has 0 amide bonds. The molecule has 0 fully saturated rings. The zero-order chi connectivity index (χ0) is 11.3. The molecule has 0 spiro atoms. The van der Waals surface area contributed by atoms with Crippen LogP contribution in [0.25, 0.3) is 0 Å². The Kier molecular flexibility index (Phi) is 4.22. The zero-order valence-corrected chi connectivity index (χ0v) is 8.00. The van der Waals surface area contributed by atoms with Crippen LogP contribution < -0.4 is 5.32 Å². The van der Waals surface area contributed by atoms with Gasteiger partial charge < -0.3 is 10.4 Å². The van der Waals surface area contributed by atoms with E-state index < -0.39 is 17.7 Å². The van der Waals surface area contributed by atoms with Gasteiger partial charge in [-0.3, -0.25) is 0 Å². The Labute approximate surface area is 86.9 Å². The van der Waals surface area contributed by atoms with Gasteiger partial charge in [-0.05, 0) is 18.2 Å². The number of rotatable bonds is 4. The highest BCUT2D eigenvalue weighted by molar-refractivity contribution is 5.21. The molecule has 1 aromatic carbocycles. The molecule has 2 nitrogen and oxygen atoms in total. The molecule has 0 bridgehead atoms. The summed E-state index contributed by atoms with van der Waals surface area (Å²) in [5, 5.41) is 12.2. The maximum Gasteiger partial charge on any atom is 0.129 e. The van der Waals surface area contributed by atoms with Crippen molar-refractivity contribution >= 4 is 0 Å². The average molecular weight is 211 g/mol. The summed E-state index contributed by atoms with van der Waals surface area (Å²) in [6, 6.07) is 2.95. The number of aliphatic hydroxyl groups excluding tert-OH is 1.